The van der Waals surface area contributed by atoms with Gasteiger partial charge in [0.15, 0.2) is 0 Å². The van der Waals surface area contributed by atoms with Gasteiger partial charge in [-0.1, -0.05) is 11.6 Å². The van der Waals surface area contributed by atoms with Crippen LogP contribution in [0, 0.1) is 0 Å². The van der Waals surface area contributed by atoms with E-state index in [1.807, 2.05) is 0 Å². The number of hydrogen-bond acceptors (Lipinski definition) is 5. The number of carbonyl (C=O) groups is 2. The Labute approximate surface area is 155 Å². The second kappa shape index (κ2) is 6.76. The lowest BCUT2D eigenvalue weighted by Crippen LogP contribution is -2.56. The first-order valence-corrected chi connectivity index (χ1v) is 8.08. The van der Waals surface area contributed by atoms with E-state index in [0.29, 0.717) is 33.6 Å². The fraction of sp³-hybridized carbons (Fsp3) is 0.222. The van der Waals surface area contributed by atoms with Crippen LogP contribution < -0.4 is 24.8 Å². The van der Waals surface area contributed by atoms with Crippen LogP contribution in [0.3, 0.4) is 0 Å². The largest absolute Gasteiger partial charge is 0.497 e. The maximum absolute atomic E-state index is 12.8. The van der Waals surface area contributed by atoms with E-state index in [2.05, 4.69) is 10.6 Å². The van der Waals surface area contributed by atoms with E-state index >= 15 is 0 Å². The molecule has 0 aliphatic carbocycles. The molecule has 0 saturated heterocycles. The first-order chi connectivity index (χ1) is 12.4. The number of amides is 2. The molecule has 7 nitrogen and oxygen atoms in total. The van der Waals surface area contributed by atoms with Gasteiger partial charge in [0, 0.05) is 11.1 Å². The minimum absolute atomic E-state index is 0.355. The van der Waals surface area contributed by atoms with Gasteiger partial charge in [0.1, 0.15) is 17.2 Å². The van der Waals surface area contributed by atoms with Gasteiger partial charge in [-0.15, -0.1) is 0 Å². The highest BCUT2D eigenvalue weighted by Gasteiger charge is 2.47. The van der Waals surface area contributed by atoms with Crippen LogP contribution in [0.5, 0.6) is 17.2 Å². The molecular weight excluding hydrogens is 360 g/mol. The molecule has 1 atom stereocenters. The van der Waals surface area contributed by atoms with Crippen LogP contribution in [0.2, 0.25) is 5.02 Å². The fourth-order valence-corrected chi connectivity index (χ4v) is 2.66. The van der Waals surface area contributed by atoms with Crippen LogP contribution in [0.25, 0.3) is 0 Å². The maximum atomic E-state index is 12.8. The van der Waals surface area contributed by atoms with Crippen LogP contribution in [-0.4, -0.2) is 31.6 Å². The number of benzene rings is 2. The summed E-state index contributed by atoms with van der Waals surface area (Å²) in [6.45, 7) is 1.39. The number of anilines is 2. The first-order valence-electron chi connectivity index (χ1n) is 7.71. The number of fused-ring (bicyclic) bond motifs is 1. The van der Waals surface area contributed by atoms with Crippen molar-refractivity contribution in [3.8, 4) is 17.2 Å². The minimum Gasteiger partial charge on any atom is -0.497 e. The molecule has 2 aromatic rings. The second-order valence-corrected chi connectivity index (χ2v) is 6.19. The highest BCUT2D eigenvalue weighted by molar-refractivity contribution is 6.31. The molecule has 2 aromatic carbocycles. The minimum atomic E-state index is -1.76. The number of methoxy groups -OCH3 is 2. The number of hydrogen-bond donors (Lipinski definition) is 2. The van der Waals surface area contributed by atoms with Gasteiger partial charge in [-0.2, -0.15) is 0 Å². The lowest BCUT2D eigenvalue weighted by Gasteiger charge is -2.33. The summed E-state index contributed by atoms with van der Waals surface area (Å²) in [7, 11) is 2.99. The lowest BCUT2D eigenvalue weighted by molar-refractivity contribution is -0.143. The van der Waals surface area contributed by atoms with Crippen molar-refractivity contribution in [2.24, 2.45) is 0 Å². The van der Waals surface area contributed by atoms with Crippen molar-refractivity contribution in [2.75, 3.05) is 24.9 Å². The van der Waals surface area contributed by atoms with Gasteiger partial charge in [-0.05, 0) is 37.3 Å². The molecule has 0 spiro atoms. The number of nitrogens with one attached hydrogen (secondary N) is 2. The standard InChI is InChI=1S/C18H17ClN2O5/c1-18(17(23)21-13-8-10(19)4-7-14(13)26-18)16(22)20-12-6-5-11(24-2)9-15(12)25-3/h4-9H,1-3H3,(H,20,22)(H,21,23). The van der Waals surface area contributed by atoms with E-state index in [1.54, 1.807) is 36.4 Å². The van der Waals surface area contributed by atoms with Gasteiger partial charge >= 0.3 is 0 Å². The molecule has 2 N–H and O–H groups in total. The summed E-state index contributed by atoms with van der Waals surface area (Å²) in [6.07, 6.45) is 0. The zero-order valence-corrected chi connectivity index (χ0v) is 15.1. The molecule has 1 unspecified atom stereocenters. The monoisotopic (exact) mass is 376 g/mol. The molecule has 26 heavy (non-hydrogen) atoms. The Bertz CT molecular complexity index is 886. The average molecular weight is 377 g/mol. The van der Waals surface area contributed by atoms with Crippen LogP contribution in [0.15, 0.2) is 36.4 Å². The number of carbonyl (C=O) groups excluding carboxylic acids is 2. The van der Waals surface area contributed by atoms with E-state index < -0.39 is 17.4 Å². The number of rotatable bonds is 4. The molecule has 0 radical (unpaired) electrons. The summed E-state index contributed by atoms with van der Waals surface area (Å²) < 4.78 is 16.1. The van der Waals surface area contributed by atoms with Crippen molar-refractivity contribution in [2.45, 2.75) is 12.5 Å². The Morgan fingerprint density at radius 3 is 2.65 bits per heavy atom. The van der Waals surface area contributed by atoms with Crippen molar-refractivity contribution < 1.29 is 23.8 Å². The van der Waals surface area contributed by atoms with Gasteiger partial charge in [-0.3, -0.25) is 9.59 Å². The zero-order valence-electron chi connectivity index (χ0n) is 14.4. The van der Waals surface area contributed by atoms with Crippen LogP contribution in [-0.2, 0) is 9.59 Å². The van der Waals surface area contributed by atoms with E-state index in [1.165, 1.54) is 21.1 Å². The molecule has 0 bridgehead atoms. The molecular formula is C18H17ClN2O5. The summed E-state index contributed by atoms with van der Waals surface area (Å²) in [6, 6.07) is 9.67. The third-order valence-corrected chi connectivity index (χ3v) is 4.26. The first kappa shape index (κ1) is 17.9. The highest BCUT2D eigenvalue weighted by Crippen LogP contribution is 2.37. The average Bonchev–Trinajstić information content (AvgIpc) is 2.63. The SMILES string of the molecule is COc1ccc(NC(=O)C2(C)Oc3ccc(Cl)cc3NC2=O)c(OC)c1. The van der Waals surface area contributed by atoms with Gasteiger partial charge < -0.3 is 24.8 Å². The van der Waals surface area contributed by atoms with E-state index in [9.17, 15) is 9.59 Å². The van der Waals surface area contributed by atoms with Crippen LogP contribution in [0.1, 0.15) is 6.92 Å². The van der Waals surface area contributed by atoms with Crippen molar-refractivity contribution >= 4 is 34.8 Å². The molecule has 0 fully saturated rings. The normalized spacial score (nSPS) is 18.2. The molecule has 3 rings (SSSR count). The third kappa shape index (κ3) is 3.13. The molecule has 1 aliphatic heterocycles. The van der Waals surface area contributed by atoms with E-state index in [-0.39, 0.29) is 0 Å². The quantitative estimate of drug-likeness (QED) is 0.801. The van der Waals surface area contributed by atoms with Crippen molar-refractivity contribution in [3.05, 3.63) is 41.4 Å². The van der Waals surface area contributed by atoms with Gasteiger partial charge in [-0.25, -0.2) is 0 Å². The van der Waals surface area contributed by atoms with E-state index in [4.69, 9.17) is 25.8 Å². The maximum Gasteiger partial charge on any atom is 0.278 e. The Hall–Kier alpha value is -2.93. The second-order valence-electron chi connectivity index (χ2n) is 5.75. The van der Waals surface area contributed by atoms with Crippen molar-refractivity contribution in [3.63, 3.8) is 0 Å². The van der Waals surface area contributed by atoms with Crippen LogP contribution >= 0.6 is 11.6 Å². The summed E-state index contributed by atoms with van der Waals surface area (Å²) in [5.74, 6) is 0.0814. The Balaban J connectivity index is 1.87. The Morgan fingerprint density at radius 1 is 1.19 bits per heavy atom. The molecule has 2 amide bonds. The van der Waals surface area contributed by atoms with Crippen LogP contribution in [0.4, 0.5) is 11.4 Å². The van der Waals surface area contributed by atoms with Gasteiger partial charge in [0.25, 0.3) is 17.4 Å². The van der Waals surface area contributed by atoms with Gasteiger partial charge in [0.05, 0.1) is 25.6 Å². The molecule has 0 aromatic heterocycles. The predicted octanol–water partition coefficient (Wildman–Crippen LogP) is 3.09. The topological polar surface area (TPSA) is 85.9 Å². The Morgan fingerprint density at radius 2 is 1.96 bits per heavy atom. The zero-order chi connectivity index (χ0) is 18.9. The van der Waals surface area contributed by atoms with Crippen molar-refractivity contribution in [1.29, 1.82) is 0 Å². The highest BCUT2D eigenvalue weighted by atomic mass is 35.5. The summed E-state index contributed by atoms with van der Waals surface area (Å²) >= 11 is 5.91. The number of ether oxygens (including phenoxy) is 3. The van der Waals surface area contributed by atoms with Gasteiger partial charge in [0.2, 0.25) is 0 Å². The van der Waals surface area contributed by atoms with Crippen molar-refractivity contribution in [1.82, 2.24) is 0 Å². The third-order valence-electron chi connectivity index (χ3n) is 4.03. The Kier molecular flexibility index (Phi) is 4.65. The summed E-state index contributed by atoms with van der Waals surface area (Å²) in [5, 5.41) is 5.76. The lowest BCUT2D eigenvalue weighted by atomic mass is 10.0. The molecule has 1 heterocycles. The summed E-state index contributed by atoms with van der Waals surface area (Å²) in [4.78, 5) is 25.3. The smallest absolute Gasteiger partial charge is 0.278 e. The molecule has 8 heteroatoms. The predicted molar refractivity (Wildman–Crippen MR) is 97.3 cm³/mol. The number of halogens is 1. The van der Waals surface area contributed by atoms with E-state index in [0.717, 1.165) is 0 Å². The molecule has 136 valence electrons. The fourth-order valence-electron chi connectivity index (χ4n) is 2.49. The molecule has 1 aliphatic rings. The molecule has 0 saturated carbocycles. The summed E-state index contributed by atoms with van der Waals surface area (Å²) in [5.41, 5.74) is -0.959.